The van der Waals surface area contributed by atoms with Crippen LogP contribution in [0.4, 0.5) is 0 Å². The zero-order valence-corrected chi connectivity index (χ0v) is 16.4. The Hall–Kier alpha value is -2.38. The van der Waals surface area contributed by atoms with E-state index in [1.165, 1.54) is 3.97 Å². The van der Waals surface area contributed by atoms with Crippen molar-refractivity contribution in [1.29, 1.82) is 0 Å². The summed E-state index contributed by atoms with van der Waals surface area (Å²) in [4.78, 5) is 2.61. The number of hydrogen-bond acceptors (Lipinski definition) is 4. The summed E-state index contributed by atoms with van der Waals surface area (Å²) in [6.45, 7) is 4.05. The molecule has 6 nitrogen and oxygen atoms in total. The van der Waals surface area contributed by atoms with Crippen molar-refractivity contribution in [2.75, 3.05) is 20.1 Å². The second kappa shape index (κ2) is 6.98. The highest BCUT2D eigenvalue weighted by Gasteiger charge is 2.22. The van der Waals surface area contributed by atoms with Gasteiger partial charge in [-0.05, 0) is 64.2 Å². The first-order valence-corrected chi connectivity index (χ1v) is 10.6. The SMILES string of the molecule is Cc1ccc(S(=O)(=O)n2cccc2-c2cnn(C3CCN(C)CC3)c2)cc1. The normalized spacial score (nSPS) is 16.7. The highest BCUT2D eigenvalue weighted by Crippen LogP contribution is 2.27. The standard InChI is InChI=1S/C20H24N4O2S/c1-16-5-7-19(8-6-16)27(25,26)24-11-3-4-20(24)17-14-21-23(15-17)18-9-12-22(2)13-10-18/h3-8,11,14-15,18H,9-10,12-13H2,1-2H3. The van der Waals surface area contributed by atoms with E-state index in [1.807, 2.05) is 36.0 Å². The predicted molar refractivity (Wildman–Crippen MR) is 105 cm³/mol. The summed E-state index contributed by atoms with van der Waals surface area (Å²) in [5, 5.41) is 4.52. The van der Waals surface area contributed by atoms with Gasteiger partial charge in [-0.2, -0.15) is 5.10 Å². The number of aromatic nitrogens is 3. The Balaban J connectivity index is 1.65. The molecular formula is C20H24N4O2S. The maximum atomic E-state index is 13.1. The van der Waals surface area contributed by atoms with Gasteiger partial charge in [0.2, 0.25) is 0 Å². The number of nitrogens with zero attached hydrogens (tertiary/aromatic N) is 4. The van der Waals surface area contributed by atoms with Crippen LogP contribution in [0.25, 0.3) is 11.3 Å². The van der Waals surface area contributed by atoms with E-state index in [1.54, 1.807) is 30.6 Å². The monoisotopic (exact) mass is 384 g/mol. The van der Waals surface area contributed by atoms with Crippen LogP contribution in [0.5, 0.6) is 0 Å². The van der Waals surface area contributed by atoms with Gasteiger partial charge in [0.1, 0.15) is 0 Å². The molecule has 0 radical (unpaired) electrons. The van der Waals surface area contributed by atoms with Crippen LogP contribution in [0.2, 0.25) is 0 Å². The third-order valence-corrected chi connectivity index (χ3v) is 6.95. The maximum Gasteiger partial charge on any atom is 0.268 e. The molecule has 0 bridgehead atoms. The topological polar surface area (TPSA) is 60.1 Å². The van der Waals surface area contributed by atoms with Crippen molar-refractivity contribution in [3.63, 3.8) is 0 Å². The molecule has 1 aliphatic rings. The second-order valence-corrected chi connectivity index (χ2v) is 9.07. The van der Waals surface area contributed by atoms with Crippen LogP contribution in [-0.4, -0.2) is 47.2 Å². The lowest BCUT2D eigenvalue weighted by molar-refractivity contribution is 0.212. The van der Waals surface area contributed by atoms with E-state index in [0.717, 1.165) is 37.1 Å². The Morgan fingerprint density at radius 3 is 2.48 bits per heavy atom. The second-order valence-electron chi connectivity index (χ2n) is 7.25. The van der Waals surface area contributed by atoms with E-state index in [2.05, 4.69) is 17.0 Å². The van der Waals surface area contributed by atoms with E-state index in [0.29, 0.717) is 11.7 Å². The van der Waals surface area contributed by atoms with E-state index in [9.17, 15) is 8.42 Å². The largest absolute Gasteiger partial charge is 0.306 e. The van der Waals surface area contributed by atoms with Gasteiger partial charge in [-0.25, -0.2) is 12.4 Å². The van der Waals surface area contributed by atoms with Crippen LogP contribution in [0.3, 0.4) is 0 Å². The number of rotatable bonds is 4. The minimum absolute atomic E-state index is 0.285. The molecule has 2 aromatic heterocycles. The lowest BCUT2D eigenvalue weighted by Crippen LogP contribution is -2.31. The number of piperidine rings is 1. The van der Waals surface area contributed by atoms with Crippen molar-refractivity contribution < 1.29 is 8.42 Å². The fourth-order valence-corrected chi connectivity index (χ4v) is 4.92. The Morgan fingerprint density at radius 1 is 1.07 bits per heavy atom. The third-order valence-electron chi connectivity index (χ3n) is 5.25. The van der Waals surface area contributed by atoms with Gasteiger partial charge in [-0.3, -0.25) is 4.68 Å². The van der Waals surface area contributed by atoms with Crippen molar-refractivity contribution in [1.82, 2.24) is 18.7 Å². The average Bonchev–Trinajstić information content (AvgIpc) is 3.32. The molecule has 3 aromatic rings. The quantitative estimate of drug-likeness (QED) is 0.693. The minimum Gasteiger partial charge on any atom is -0.306 e. The van der Waals surface area contributed by atoms with Crippen molar-refractivity contribution in [3.8, 4) is 11.3 Å². The van der Waals surface area contributed by atoms with E-state index in [-0.39, 0.29) is 4.90 Å². The predicted octanol–water partition coefficient (Wildman–Crippen LogP) is 3.16. The van der Waals surface area contributed by atoms with Crippen LogP contribution < -0.4 is 0 Å². The molecule has 0 atom stereocenters. The van der Waals surface area contributed by atoms with Gasteiger partial charge in [0.15, 0.2) is 0 Å². The first-order valence-electron chi connectivity index (χ1n) is 9.18. The molecule has 1 fully saturated rings. The van der Waals surface area contributed by atoms with Gasteiger partial charge in [-0.1, -0.05) is 17.7 Å². The first kappa shape index (κ1) is 18.0. The van der Waals surface area contributed by atoms with E-state index >= 15 is 0 Å². The minimum atomic E-state index is -3.64. The van der Waals surface area contributed by atoms with Gasteiger partial charge in [0.25, 0.3) is 10.0 Å². The fourth-order valence-electron chi connectivity index (χ4n) is 3.55. The van der Waals surface area contributed by atoms with Crippen LogP contribution >= 0.6 is 0 Å². The summed E-state index contributed by atoms with van der Waals surface area (Å²) in [6, 6.07) is 10.9. The molecule has 0 amide bonds. The summed E-state index contributed by atoms with van der Waals surface area (Å²) in [6.07, 6.45) is 7.43. The first-order chi connectivity index (χ1) is 12.9. The molecule has 0 unspecified atom stereocenters. The Morgan fingerprint density at radius 2 is 1.78 bits per heavy atom. The number of aryl methyl sites for hydroxylation is 1. The molecule has 1 aromatic carbocycles. The Bertz CT molecular complexity index is 1030. The van der Waals surface area contributed by atoms with Crippen LogP contribution in [0.1, 0.15) is 24.4 Å². The molecule has 1 aliphatic heterocycles. The Kier molecular flexibility index (Phi) is 4.65. The van der Waals surface area contributed by atoms with Crippen molar-refractivity contribution >= 4 is 10.0 Å². The highest BCUT2D eigenvalue weighted by molar-refractivity contribution is 7.90. The molecule has 1 saturated heterocycles. The third kappa shape index (κ3) is 3.44. The molecular weight excluding hydrogens is 360 g/mol. The van der Waals surface area contributed by atoms with Gasteiger partial charge in [-0.15, -0.1) is 0 Å². The van der Waals surface area contributed by atoms with Gasteiger partial charge >= 0.3 is 0 Å². The fraction of sp³-hybridized carbons (Fsp3) is 0.350. The highest BCUT2D eigenvalue weighted by atomic mass is 32.2. The summed E-state index contributed by atoms with van der Waals surface area (Å²) in [5.74, 6) is 0. The van der Waals surface area contributed by atoms with Crippen molar-refractivity contribution in [2.45, 2.75) is 30.7 Å². The Labute approximate surface area is 160 Å². The zero-order chi connectivity index (χ0) is 19.0. The molecule has 0 saturated carbocycles. The van der Waals surface area contributed by atoms with Gasteiger partial charge < -0.3 is 4.90 Å². The summed E-state index contributed by atoms with van der Waals surface area (Å²) < 4.78 is 29.5. The van der Waals surface area contributed by atoms with Crippen LogP contribution in [-0.2, 0) is 10.0 Å². The summed E-state index contributed by atoms with van der Waals surface area (Å²) in [5.41, 5.74) is 2.48. The molecule has 142 valence electrons. The van der Waals surface area contributed by atoms with E-state index < -0.39 is 10.0 Å². The van der Waals surface area contributed by atoms with Gasteiger partial charge in [0, 0.05) is 18.0 Å². The zero-order valence-electron chi connectivity index (χ0n) is 15.6. The summed E-state index contributed by atoms with van der Waals surface area (Å²) >= 11 is 0. The van der Waals surface area contributed by atoms with Crippen LogP contribution in [0, 0.1) is 6.92 Å². The maximum absolute atomic E-state index is 13.1. The number of hydrogen-bond donors (Lipinski definition) is 0. The molecule has 7 heteroatoms. The molecule has 4 rings (SSSR count). The van der Waals surface area contributed by atoms with E-state index in [4.69, 9.17) is 0 Å². The molecule has 3 heterocycles. The molecule has 27 heavy (non-hydrogen) atoms. The molecule has 0 N–H and O–H groups in total. The average molecular weight is 385 g/mol. The summed E-state index contributed by atoms with van der Waals surface area (Å²) in [7, 11) is -1.51. The molecule has 0 spiro atoms. The lowest BCUT2D eigenvalue weighted by Gasteiger charge is -2.28. The number of likely N-dealkylation sites (tertiary alicyclic amines) is 1. The molecule has 0 aliphatic carbocycles. The van der Waals surface area contributed by atoms with Gasteiger partial charge in [0.05, 0.1) is 22.8 Å². The van der Waals surface area contributed by atoms with Crippen molar-refractivity contribution in [3.05, 3.63) is 60.6 Å². The van der Waals surface area contributed by atoms with Crippen molar-refractivity contribution in [2.24, 2.45) is 0 Å². The smallest absolute Gasteiger partial charge is 0.268 e. The lowest BCUT2D eigenvalue weighted by atomic mass is 10.1. The van der Waals surface area contributed by atoms with Crippen LogP contribution in [0.15, 0.2) is 59.9 Å². The number of benzene rings is 1.